The van der Waals surface area contributed by atoms with E-state index in [9.17, 15) is 24.6 Å². The van der Waals surface area contributed by atoms with E-state index in [1.165, 1.54) is 180 Å². The fourth-order valence-electron chi connectivity index (χ4n) is 10.2. The molecule has 0 aromatic heterocycles. The van der Waals surface area contributed by atoms with Gasteiger partial charge in [0.25, 0.3) is 0 Å². The third kappa shape index (κ3) is 35.3. The minimum absolute atomic E-state index is 0.00685. The first-order chi connectivity index (χ1) is 30.7. The minimum Gasteiger partial charge on any atom is -0.481 e. The smallest absolute Gasteiger partial charge is 0.329 e. The van der Waals surface area contributed by atoms with E-state index in [1.807, 2.05) is 4.90 Å². The molecule has 0 aliphatic rings. The van der Waals surface area contributed by atoms with Crippen molar-refractivity contribution >= 4 is 17.8 Å². The summed E-state index contributed by atoms with van der Waals surface area (Å²) >= 11 is 0. The van der Waals surface area contributed by atoms with E-state index < -0.39 is 17.5 Å². The van der Waals surface area contributed by atoms with Gasteiger partial charge in [-0.05, 0) is 43.9 Å². The largest absolute Gasteiger partial charge is 0.481 e. The average Bonchev–Trinajstić information content (AvgIpc) is 3.27. The van der Waals surface area contributed by atoms with Gasteiger partial charge in [-0.25, -0.2) is 4.79 Å². The molecule has 0 aliphatic carbocycles. The third-order valence-corrected chi connectivity index (χ3v) is 14.4. The molecule has 2 unspecified atom stereocenters. The summed E-state index contributed by atoms with van der Waals surface area (Å²) in [4.78, 5) is 43.3. The first-order valence-electron chi connectivity index (χ1n) is 28.5. The molecule has 0 saturated heterocycles. The van der Waals surface area contributed by atoms with Gasteiger partial charge in [-0.1, -0.05) is 279 Å². The third-order valence-electron chi connectivity index (χ3n) is 14.4. The molecule has 0 aliphatic heterocycles. The van der Waals surface area contributed by atoms with Crippen LogP contribution >= 0.6 is 0 Å². The van der Waals surface area contributed by atoms with E-state index in [0.29, 0.717) is 19.4 Å². The highest BCUT2D eigenvalue weighted by atomic mass is 16.4. The quantitative estimate of drug-likeness (QED) is 0.0593. The lowest BCUT2D eigenvalue weighted by Crippen LogP contribution is -2.59. The summed E-state index contributed by atoms with van der Waals surface area (Å²) in [5.74, 6) is -1.59. The highest BCUT2D eigenvalue weighted by Crippen LogP contribution is 2.37. The number of carboxylic acids is 2. The Bertz CT molecular complexity index is 1020. The molecule has 0 aromatic rings. The van der Waals surface area contributed by atoms with Gasteiger partial charge in [-0.15, -0.1) is 0 Å². The first kappa shape index (κ1) is 61.4. The van der Waals surface area contributed by atoms with Crippen molar-refractivity contribution in [2.24, 2.45) is 11.8 Å². The molecule has 1 amide bonds. The van der Waals surface area contributed by atoms with Crippen molar-refractivity contribution in [1.82, 2.24) is 4.90 Å². The molecular formula is C57H111NO5. The molecule has 0 bridgehead atoms. The van der Waals surface area contributed by atoms with Gasteiger partial charge in [-0.2, -0.15) is 0 Å². The Morgan fingerprint density at radius 2 is 0.667 bits per heavy atom. The topological polar surface area (TPSA) is 94.9 Å². The van der Waals surface area contributed by atoms with Crippen LogP contribution in [0.3, 0.4) is 0 Å². The minimum atomic E-state index is -1.50. The van der Waals surface area contributed by atoms with Crippen LogP contribution in [0.15, 0.2) is 0 Å². The summed E-state index contributed by atoms with van der Waals surface area (Å²) in [6.07, 6.45) is 49.3. The van der Waals surface area contributed by atoms with E-state index in [2.05, 4.69) is 34.6 Å². The number of aliphatic carboxylic acids is 2. The van der Waals surface area contributed by atoms with Crippen LogP contribution in [0, 0.1) is 11.8 Å². The number of carboxylic acid groups (broad SMARTS) is 2. The lowest BCUT2D eigenvalue weighted by molar-refractivity contribution is -0.164. The first-order valence-corrected chi connectivity index (χ1v) is 28.5. The van der Waals surface area contributed by atoms with Crippen LogP contribution < -0.4 is 0 Å². The fraction of sp³-hybridized carbons (Fsp3) is 0.947. The van der Waals surface area contributed by atoms with E-state index in [-0.39, 0.29) is 30.6 Å². The monoisotopic (exact) mass is 890 g/mol. The van der Waals surface area contributed by atoms with Crippen molar-refractivity contribution < 1.29 is 24.6 Å². The van der Waals surface area contributed by atoms with Gasteiger partial charge in [-0.3, -0.25) is 9.59 Å². The molecule has 0 spiro atoms. The number of unbranched alkanes of at least 4 members (excludes halogenated alkanes) is 32. The number of nitrogens with zero attached hydrogens (tertiary/aromatic N) is 1. The van der Waals surface area contributed by atoms with Gasteiger partial charge in [0.1, 0.15) is 5.54 Å². The maximum absolute atomic E-state index is 14.9. The van der Waals surface area contributed by atoms with Gasteiger partial charge in [0.15, 0.2) is 0 Å². The molecular weight excluding hydrogens is 779 g/mol. The van der Waals surface area contributed by atoms with Crippen molar-refractivity contribution in [1.29, 1.82) is 0 Å². The standard InChI is InChI=1S/C57H111NO5/c1-6-11-16-21-26-29-32-37-42-47-54(59)58(51-53(45-40-34-25-20-15-10-5)46-41-36-31-28-23-18-13-8-3)57(56(62)63,49-48-55(60)61)50-52(43-38-33-24-19-14-9-4)44-39-35-30-27-22-17-12-7-2/h52-53H,6-51H2,1-5H3,(H,60,61)(H,62,63)/t52?,53?,57-/m1/s1. The summed E-state index contributed by atoms with van der Waals surface area (Å²) in [6.45, 7) is 11.7. The van der Waals surface area contributed by atoms with E-state index >= 15 is 0 Å². The number of rotatable bonds is 51. The summed E-state index contributed by atoms with van der Waals surface area (Å²) < 4.78 is 0. The van der Waals surface area contributed by atoms with Crippen LogP contribution in [0.4, 0.5) is 0 Å². The van der Waals surface area contributed by atoms with Crippen molar-refractivity contribution in [3.63, 3.8) is 0 Å². The molecule has 0 aromatic carbocycles. The predicted octanol–water partition coefficient (Wildman–Crippen LogP) is 18.6. The van der Waals surface area contributed by atoms with Gasteiger partial charge in [0.2, 0.25) is 5.91 Å². The molecule has 2 N–H and O–H groups in total. The van der Waals surface area contributed by atoms with E-state index in [0.717, 1.165) is 83.5 Å². The second-order valence-electron chi connectivity index (χ2n) is 20.4. The molecule has 374 valence electrons. The molecule has 0 saturated carbocycles. The number of hydrogen-bond donors (Lipinski definition) is 2. The van der Waals surface area contributed by atoms with Crippen molar-refractivity contribution in [3.05, 3.63) is 0 Å². The molecule has 6 heteroatoms. The number of carbonyl (C=O) groups is 3. The fourth-order valence-corrected chi connectivity index (χ4v) is 10.2. The van der Waals surface area contributed by atoms with Crippen LogP contribution in [0.5, 0.6) is 0 Å². The highest BCUT2D eigenvalue weighted by molar-refractivity contribution is 5.87. The Labute approximate surface area is 393 Å². The molecule has 3 atom stereocenters. The predicted molar refractivity (Wildman–Crippen MR) is 273 cm³/mol. The Kier molecular flexibility index (Phi) is 44.4. The average molecular weight is 891 g/mol. The zero-order valence-corrected chi connectivity index (χ0v) is 43.2. The number of carbonyl (C=O) groups excluding carboxylic acids is 1. The van der Waals surface area contributed by atoms with Crippen LogP contribution in [-0.2, 0) is 14.4 Å². The normalized spacial score (nSPS) is 13.5. The number of amides is 1. The van der Waals surface area contributed by atoms with Crippen molar-refractivity contribution in [2.75, 3.05) is 6.54 Å². The van der Waals surface area contributed by atoms with Gasteiger partial charge < -0.3 is 15.1 Å². The van der Waals surface area contributed by atoms with Crippen LogP contribution in [0.1, 0.15) is 324 Å². The van der Waals surface area contributed by atoms with Gasteiger partial charge in [0.05, 0.1) is 0 Å². The van der Waals surface area contributed by atoms with Crippen LogP contribution in [0.25, 0.3) is 0 Å². The summed E-state index contributed by atoms with van der Waals surface area (Å²) in [7, 11) is 0. The Balaban J connectivity index is 6.66. The summed E-state index contributed by atoms with van der Waals surface area (Å²) in [5, 5.41) is 21.7. The van der Waals surface area contributed by atoms with Crippen molar-refractivity contribution in [3.8, 4) is 0 Å². The Morgan fingerprint density at radius 3 is 0.968 bits per heavy atom. The SMILES string of the molecule is CCCCCCCCCCCC(=O)N(CC(CCCCCCCC)CCCCCCCCCC)[C@](CCC(=O)O)(CC(CCCCCCCC)CCCCCCCCCC)C(=O)O. The Hall–Kier alpha value is -1.59. The summed E-state index contributed by atoms with van der Waals surface area (Å²) in [6, 6.07) is 0. The zero-order valence-electron chi connectivity index (χ0n) is 43.2. The van der Waals surface area contributed by atoms with E-state index in [1.54, 1.807) is 0 Å². The molecule has 0 rings (SSSR count). The Morgan fingerprint density at radius 1 is 0.381 bits per heavy atom. The second kappa shape index (κ2) is 45.6. The maximum Gasteiger partial charge on any atom is 0.329 e. The molecule has 6 nitrogen and oxygen atoms in total. The summed E-state index contributed by atoms with van der Waals surface area (Å²) in [5.41, 5.74) is -1.50. The van der Waals surface area contributed by atoms with Gasteiger partial charge in [0, 0.05) is 19.4 Å². The zero-order chi connectivity index (χ0) is 46.5. The molecule has 0 fully saturated rings. The van der Waals surface area contributed by atoms with Crippen LogP contribution in [0.2, 0.25) is 0 Å². The van der Waals surface area contributed by atoms with E-state index in [4.69, 9.17) is 0 Å². The molecule has 0 heterocycles. The number of hydrogen-bond acceptors (Lipinski definition) is 3. The lowest BCUT2D eigenvalue weighted by atomic mass is 9.77. The van der Waals surface area contributed by atoms with Gasteiger partial charge >= 0.3 is 11.9 Å². The molecule has 0 radical (unpaired) electrons. The highest BCUT2D eigenvalue weighted by Gasteiger charge is 2.48. The maximum atomic E-state index is 14.9. The lowest BCUT2D eigenvalue weighted by Gasteiger charge is -2.44. The van der Waals surface area contributed by atoms with Crippen LogP contribution in [-0.4, -0.2) is 45.0 Å². The van der Waals surface area contributed by atoms with Crippen molar-refractivity contribution in [2.45, 2.75) is 329 Å². The molecule has 63 heavy (non-hydrogen) atoms. The second-order valence-corrected chi connectivity index (χ2v) is 20.4.